The maximum absolute atomic E-state index is 11.5. The van der Waals surface area contributed by atoms with Gasteiger partial charge >= 0.3 is 0 Å². The predicted molar refractivity (Wildman–Crippen MR) is 74.7 cm³/mol. The van der Waals surface area contributed by atoms with Crippen molar-refractivity contribution in [3.63, 3.8) is 0 Å². The molecule has 0 saturated heterocycles. The molecule has 0 saturated carbocycles. The number of nitrogens with one attached hydrogen (secondary N) is 1. The summed E-state index contributed by atoms with van der Waals surface area (Å²) in [5.74, 6) is 0.0283. The zero-order chi connectivity index (χ0) is 12.1. The molecule has 0 bridgehead atoms. The number of halogens is 1. The molecule has 0 spiro atoms. The van der Waals surface area contributed by atoms with Gasteiger partial charge in [0.1, 0.15) is 0 Å². The van der Waals surface area contributed by atoms with Crippen LogP contribution >= 0.6 is 12.4 Å². The molecule has 1 aromatic rings. The van der Waals surface area contributed by atoms with Gasteiger partial charge in [-0.3, -0.25) is 4.79 Å². The number of carbonyl (C=O) groups excluding carboxylic acids is 1. The molecule has 0 aliphatic heterocycles. The van der Waals surface area contributed by atoms with E-state index in [4.69, 9.17) is 5.73 Å². The fourth-order valence-electron chi connectivity index (χ4n) is 1.40. The van der Waals surface area contributed by atoms with Crippen molar-refractivity contribution in [2.75, 3.05) is 5.32 Å². The van der Waals surface area contributed by atoms with Crippen LogP contribution in [-0.2, 0) is 4.79 Å². The molecule has 3 N–H and O–H groups in total. The number of aryl methyl sites for hydroxylation is 2. The van der Waals surface area contributed by atoms with Crippen LogP contribution in [0.2, 0.25) is 0 Å². The minimum absolute atomic E-state index is 0. The molecule has 0 aliphatic rings. The highest BCUT2D eigenvalue weighted by Gasteiger charge is 2.04. The lowest BCUT2D eigenvalue weighted by Crippen LogP contribution is -2.19. The van der Waals surface area contributed by atoms with Crippen LogP contribution in [-0.4, -0.2) is 11.9 Å². The molecule has 1 amide bonds. The maximum atomic E-state index is 11.5. The van der Waals surface area contributed by atoms with Gasteiger partial charge < -0.3 is 11.1 Å². The van der Waals surface area contributed by atoms with Crippen LogP contribution in [0.4, 0.5) is 5.69 Å². The second kappa shape index (κ2) is 7.30. The molecule has 0 heterocycles. The number of benzene rings is 1. The molecule has 4 heteroatoms. The van der Waals surface area contributed by atoms with Gasteiger partial charge in [-0.05, 0) is 50.5 Å². The van der Waals surface area contributed by atoms with Gasteiger partial charge in [0.2, 0.25) is 5.91 Å². The molecule has 1 rings (SSSR count). The molecule has 1 aromatic carbocycles. The quantitative estimate of drug-likeness (QED) is 0.870. The Bertz CT molecular complexity index is 378. The lowest BCUT2D eigenvalue weighted by molar-refractivity contribution is -0.116. The molecule has 0 fully saturated rings. The summed E-state index contributed by atoms with van der Waals surface area (Å²) in [5.41, 5.74) is 8.87. The molecule has 1 unspecified atom stereocenters. The summed E-state index contributed by atoms with van der Waals surface area (Å²) >= 11 is 0. The highest BCUT2D eigenvalue weighted by molar-refractivity contribution is 5.90. The fraction of sp³-hybridized carbons (Fsp3) is 0.462. The van der Waals surface area contributed by atoms with Crippen molar-refractivity contribution in [3.05, 3.63) is 29.3 Å². The lowest BCUT2D eigenvalue weighted by atomic mass is 10.1. The number of hydrogen-bond acceptors (Lipinski definition) is 2. The standard InChI is InChI=1S/C13H20N2O.ClH/c1-9-4-6-12(8-10(9)2)15-13(16)7-5-11(3)14;/h4,6,8,11H,5,7,14H2,1-3H3,(H,15,16);1H. The minimum Gasteiger partial charge on any atom is -0.328 e. The summed E-state index contributed by atoms with van der Waals surface area (Å²) in [6.07, 6.45) is 1.20. The van der Waals surface area contributed by atoms with Crippen molar-refractivity contribution in [1.82, 2.24) is 0 Å². The van der Waals surface area contributed by atoms with E-state index in [0.29, 0.717) is 6.42 Å². The Morgan fingerprint density at radius 1 is 1.35 bits per heavy atom. The van der Waals surface area contributed by atoms with Gasteiger partial charge in [-0.2, -0.15) is 0 Å². The zero-order valence-corrected chi connectivity index (χ0v) is 11.4. The van der Waals surface area contributed by atoms with Gasteiger partial charge in [0, 0.05) is 18.2 Å². The van der Waals surface area contributed by atoms with E-state index in [1.807, 2.05) is 32.0 Å². The third-order valence-corrected chi connectivity index (χ3v) is 2.62. The van der Waals surface area contributed by atoms with Gasteiger partial charge in [-0.1, -0.05) is 6.07 Å². The number of anilines is 1. The fourth-order valence-corrected chi connectivity index (χ4v) is 1.40. The van der Waals surface area contributed by atoms with Crippen LogP contribution < -0.4 is 11.1 Å². The summed E-state index contributed by atoms with van der Waals surface area (Å²) in [5, 5.41) is 2.87. The Hall–Kier alpha value is -1.06. The van der Waals surface area contributed by atoms with Crippen molar-refractivity contribution in [1.29, 1.82) is 0 Å². The summed E-state index contributed by atoms with van der Waals surface area (Å²) < 4.78 is 0. The number of carbonyl (C=O) groups is 1. The Labute approximate surface area is 109 Å². The molecule has 0 aromatic heterocycles. The van der Waals surface area contributed by atoms with Crippen LogP contribution in [0.1, 0.15) is 30.9 Å². The van der Waals surface area contributed by atoms with Gasteiger partial charge in [-0.25, -0.2) is 0 Å². The molecular weight excluding hydrogens is 236 g/mol. The molecule has 17 heavy (non-hydrogen) atoms. The zero-order valence-electron chi connectivity index (χ0n) is 10.6. The topological polar surface area (TPSA) is 55.1 Å². The van der Waals surface area contributed by atoms with E-state index in [2.05, 4.69) is 12.2 Å². The van der Waals surface area contributed by atoms with Crippen LogP contribution in [0.25, 0.3) is 0 Å². The second-order valence-corrected chi connectivity index (χ2v) is 4.36. The summed E-state index contributed by atoms with van der Waals surface area (Å²) in [6.45, 7) is 5.99. The van der Waals surface area contributed by atoms with Crippen molar-refractivity contribution in [3.8, 4) is 0 Å². The van der Waals surface area contributed by atoms with E-state index in [-0.39, 0.29) is 24.4 Å². The number of nitrogens with two attached hydrogens (primary N) is 1. The highest BCUT2D eigenvalue weighted by atomic mass is 35.5. The largest absolute Gasteiger partial charge is 0.328 e. The predicted octanol–water partition coefficient (Wildman–Crippen LogP) is 2.79. The van der Waals surface area contributed by atoms with E-state index in [1.165, 1.54) is 11.1 Å². The number of hydrogen-bond donors (Lipinski definition) is 2. The molecule has 3 nitrogen and oxygen atoms in total. The van der Waals surface area contributed by atoms with Crippen LogP contribution in [0.3, 0.4) is 0 Å². The molecular formula is C13H21ClN2O. The average Bonchev–Trinajstić information content (AvgIpc) is 2.21. The minimum atomic E-state index is 0. The van der Waals surface area contributed by atoms with Crippen molar-refractivity contribution in [2.24, 2.45) is 5.73 Å². The number of rotatable bonds is 4. The SMILES string of the molecule is Cc1ccc(NC(=O)CCC(C)N)cc1C.Cl. The smallest absolute Gasteiger partial charge is 0.224 e. The van der Waals surface area contributed by atoms with Crippen LogP contribution in [0.5, 0.6) is 0 Å². The first kappa shape index (κ1) is 15.9. The third-order valence-electron chi connectivity index (χ3n) is 2.62. The third kappa shape index (κ3) is 5.71. The van der Waals surface area contributed by atoms with Gasteiger partial charge in [-0.15, -0.1) is 12.4 Å². The van der Waals surface area contributed by atoms with Gasteiger partial charge in [0.25, 0.3) is 0 Å². The summed E-state index contributed by atoms with van der Waals surface area (Å²) in [6, 6.07) is 5.99. The Balaban J connectivity index is 0.00000256. The molecule has 0 aliphatic carbocycles. The average molecular weight is 257 g/mol. The molecule has 96 valence electrons. The van der Waals surface area contributed by atoms with Crippen LogP contribution in [0.15, 0.2) is 18.2 Å². The Morgan fingerprint density at radius 3 is 2.53 bits per heavy atom. The first-order valence-corrected chi connectivity index (χ1v) is 5.61. The normalized spacial score (nSPS) is 11.5. The monoisotopic (exact) mass is 256 g/mol. The van der Waals surface area contributed by atoms with Crippen molar-refractivity contribution >= 4 is 24.0 Å². The van der Waals surface area contributed by atoms with Crippen LogP contribution in [0, 0.1) is 13.8 Å². The Kier molecular flexibility index (Phi) is 6.85. The van der Waals surface area contributed by atoms with Crippen molar-refractivity contribution < 1.29 is 4.79 Å². The van der Waals surface area contributed by atoms with E-state index >= 15 is 0 Å². The first-order chi connectivity index (χ1) is 7.49. The first-order valence-electron chi connectivity index (χ1n) is 5.61. The second-order valence-electron chi connectivity index (χ2n) is 4.36. The maximum Gasteiger partial charge on any atom is 0.224 e. The van der Waals surface area contributed by atoms with Gasteiger partial charge in [0.05, 0.1) is 0 Å². The Morgan fingerprint density at radius 2 is 2.00 bits per heavy atom. The molecule has 1 atom stereocenters. The summed E-state index contributed by atoms with van der Waals surface area (Å²) in [7, 11) is 0. The number of amides is 1. The lowest BCUT2D eigenvalue weighted by Gasteiger charge is -2.08. The summed E-state index contributed by atoms with van der Waals surface area (Å²) in [4.78, 5) is 11.5. The van der Waals surface area contributed by atoms with E-state index in [0.717, 1.165) is 12.1 Å². The molecule has 0 radical (unpaired) electrons. The van der Waals surface area contributed by atoms with Gasteiger partial charge in [0.15, 0.2) is 0 Å². The van der Waals surface area contributed by atoms with E-state index in [9.17, 15) is 4.79 Å². The van der Waals surface area contributed by atoms with Crippen molar-refractivity contribution in [2.45, 2.75) is 39.7 Å². The van der Waals surface area contributed by atoms with E-state index in [1.54, 1.807) is 0 Å². The van der Waals surface area contributed by atoms with E-state index < -0.39 is 0 Å². The highest BCUT2D eigenvalue weighted by Crippen LogP contribution is 2.14.